The Labute approximate surface area is 165 Å². The number of hydrogen-bond donors (Lipinski definition) is 1. The summed E-state index contributed by atoms with van der Waals surface area (Å²) in [5, 5.41) is 3.09. The van der Waals surface area contributed by atoms with Gasteiger partial charge in [-0.2, -0.15) is 0 Å². The van der Waals surface area contributed by atoms with Gasteiger partial charge in [-0.25, -0.2) is 4.39 Å². The lowest BCUT2D eigenvalue weighted by molar-refractivity contribution is 0.102. The molecule has 0 fully saturated rings. The normalized spacial score (nSPS) is 10.8. The number of carbonyl (C=O) groups is 1. The summed E-state index contributed by atoms with van der Waals surface area (Å²) in [6.45, 7) is 2.36. The Morgan fingerprint density at radius 3 is 2.54 bits per heavy atom. The van der Waals surface area contributed by atoms with Crippen LogP contribution in [0.2, 0.25) is 5.02 Å². The SMILES string of the molecule is CCn1cc(C(=O)Nc2cc(OC)c(Cl)cc2OC)c(=O)c2cc(F)ccc21. The van der Waals surface area contributed by atoms with E-state index in [9.17, 15) is 14.0 Å². The number of benzene rings is 2. The Morgan fingerprint density at radius 1 is 1.18 bits per heavy atom. The zero-order valence-corrected chi connectivity index (χ0v) is 16.3. The molecule has 0 atom stereocenters. The van der Waals surface area contributed by atoms with Crippen LogP contribution in [0.1, 0.15) is 17.3 Å². The fraction of sp³-hybridized carbons (Fsp3) is 0.200. The Balaban J connectivity index is 2.10. The highest BCUT2D eigenvalue weighted by molar-refractivity contribution is 6.32. The molecule has 1 heterocycles. The van der Waals surface area contributed by atoms with Crippen molar-refractivity contribution < 1.29 is 18.7 Å². The predicted octanol–water partition coefficient (Wildman–Crippen LogP) is 4.08. The average Bonchev–Trinajstić information content (AvgIpc) is 2.69. The molecule has 0 saturated heterocycles. The van der Waals surface area contributed by atoms with E-state index in [1.165, 1.54) is 44.7 Å². The molecule has 1 N–H and O–H groups in total. The second kappa shape index (κ2) is 7.90. The van der Waals surface area contributed by atoms with E-state index in [2.05, 4.69) is 5.32 Å². The third-order valence-electron chi connectivity index (χ3n) is 4.35. The van der Waals surface area contributed by atoms with E-state index >= 15 is 0 Å². The Morgan fingerprint density at radius 2 is 1.89 bits per heavy atom. The number of rotatable bonds is 5. The van der Waals surface area contributed by atoms with Gasteiger partial charge in [-0.3, -0.25) is 9.59 Å². The van der Waals surface area contributed by atoms with Gasteiger partial charge in [0, 0.05) is 30.3 Å². The molecule has 0 bridgehead atoms. The molecule has 0 radical (unpaired) electrons. The van der Waals surface area contributed by atoms with Crippen LogP contribution in [0.4, 0.5) is 10.1 Å². The van der Waals surface area contributed by atoms with Crippen LogP contribution in [0.25, 0.3) is 10.9 Å². The zero-order chi connectivity index (χ0) is 20.4. The first-order valence-corrected chi connectivity index (χ1v) is 8.83. The monoisotopic (exact) mass is 404 g/mol. The van der Waals surface area contributed by atoms with Crippen molar-refractivity contribution in [3.05, 3.63) is 63.2 Å². The van der Waals surface area contributed by atoms with Gasteiger partial charge < -0.3 is 19.4 Å². The smallest absolute Gasteiger partial charge is 0.261 e. The second-order valence-corrected chi connectivity index (χ2v) is 6.37. The van der Waals surface area contributed by atoms with Gasteiger partial charge in [-0.05, 0) is 25.1 Å². The topological polar surface area (TPSA) is 69.6 Å². The molecule has 3 rings (SSSR count). The van der Waals surface area contributed by atoms with Crippen molar-refractivity contribution in [3.8, 4) is 11.5 Å². The van der Waals surface area contributed by atoms with E-state index in [1.807, 2.05) is 6.92 Å². The molecule has 8 heteroatoms. The molecule has 0 unspecified atom stereocenters. The summed E-state index contributed by atoms with van der Waals surface area (Å²) < 4.78 is 25.8. The number of pyridine rings is 1. The van der Waals surface area contributed by atoms with Gasteiger partial charge in [0.2, 0.25) is 5.43 Å². The molecular formula is C20H18ClFN2O4. The molecule has 3 aromatic rings. The number of halogens is 2. The zero-order valence-electron chi connectivity index (χ0n) is 15.5. The second-order valence-electron chi connectivity index (χ2n) is 5.96. The predicted molar refractivity (Wildman–Crippen MR) is 106 cm³/mol. The summed E-state index contributed by atoms with van der Waals surface area (Å²) in [6.07, 6.45) is 1.46. The van der Waals surface area contributed by atoms with Gasteiger partial charge in [0.1, 0.15) is 22.9 Å². The summed E-state index contributed by atoms with van der Waals surface area (Å²) in [6, 6.07) is 6.92. The third-order valence-corrected chi connectivity index (χ3v) is 4.65. The van der Waals surface area contributed by atoms with Crippen LogP contribution in [-0.2, 0) is 6.54 Å². The molecule has 146 valence electrons. The van der Waals surface area contributed by atoms with Crippen molar-refractivity contribution in [2.24, 2.45) is 0 Å². The van der Waals surface area contributed by atoms with Crippen molar-refractivity contribution in [2.45, 2.75) is 13.5 Å². The van der Waals surface area contributed by atoms with E-state index < -0.39 is 17.2 Å². The molecule has 1 amide bonds. The van der Waals surface area contributed by atoms with Crippen LogP contribution in [0, 0.1) is 5.82 Å². The number of fused-ring (bicyclic) bond motifs is 1. The highest BCUT2D eigenvalue weighted by atomic mass is 35.5. The van der Waals surface area contributed by atoms with Crippen molar-refractivity contribution in [2.75, 3.05) is 19.5 Å². The van der Waals surface area contributed by atoms with Gasteiger partial charge in [0.05, 0.1) is 30.4 Å². The molecular weight excluding hydrogens is 387 g/mol. The number of ether oxygens (including phenoxy) is 2. The number of anilines is 1. The van der Waals surface area contributed by atoms with E-state index in [1.54, 1.807) is 4.57 Å². The number of methoxy groups -OCH3 is 2. The highest BCUT2D eigenvalue weighted by Gasteiger charge is 2.18. The summed E-state index contributed by atoms with van der Waals surface area (Å²) in [7, 11) is 2.87. The Hall–Kier alpha value is -3.06. The molecule has 1 aromatic heterocycles. The first-order chi connectivity index (χ1) is 13.4. The molecule has 0 spiro atoms. The quantitative estimate of drug-likeness (QED) is 0.695. The molecule has 0 saturated carbocycles. The minimum absolute atomic E-state index is 0.115. The van der Waals surface area contributed by atoms with Crippen LogP contribution >= 0.6 is 11.6 Å². The molecule has 28 heavy (non-hydrogen) atoms. The van der Waals surface area contributed by atoms with Gasteiger partial charge >= 0.3 is 0 Å². The van der Waals surface area contributed by atoms with Gasteiger partial charge in [-0.15, -0.1) is 0 Å². The fourth-order valence-electron chi connectivity index (χ4n) is 2.94. The molecule has 0 aliphatic carbocycles. The number of nitrogens with one attached hydrogen (secondary N) is 1. The number of aryl methyl sites for hydroxylation is 1. The fourth-order valence-corrected chi connectivity index (χ4v) is 3.17. The minimum Gasteiger partial charge on any atom is -0.495 e. The van der Waals surface area contributed by atoms with Crippen molar-refractivity contribution >= 4 is 34.1 Å². The lowest BCUT2D eigenvalue weighted by Gasteiger charge is -2.14. The summed E-state index contributed by atoms with van der Waals surface area (Å²) in [4.78, 5) is 25.6. The lowest BCUT2D eigenvalue weighted by atomic mass is 10.1. The first kappa shape index (κ1) is 19.7. The van der Waals surface area contributed by atoms with Crippen LogP contribution in [0.15, 0.2) is 41.3 Å². The summed E-state index contributed by atoms with van der Waals surface area (Å²) in [5.41, 5.74) is 0.166. The average molecular weight is 405 g/mol. The van der Waals surface area contributed by atoms with Crippen LogP contribution in [0.3, 0.4) is 0 Å². The molecule has 2 aromatic carbocycles. The van der Waals surface area contributed by atoms with Crippen LogP contribution in [0.5, 0.6) is 11.5 Å². The van der Waals surface area contributed by atoms with E-state index in [0.29, 0.717) is 28.6 Å². The van der Waals surface area contributed by atoms with Crippen molar-refractivity contribution in [1.29, 1.82) is 0 Å². The Kier molecular flexibility index (Phi) is 5.56. The highest BCUT2D eigenvalue weighted by Crippen LogP contribution is 2.36. The molecule has 0 aliphatic heterocycles. The van der Waals surface area contributed by atoms with Crippen LogP contribution in [-0.4, -0.2) is 24.7 Å². The standard InChI is InChI=1S/C20H18ClFN2O4/c1-4-24-10-13(19(25)12-7-11(22)5-6-16(12)24)20(26)23-15-9-17(27-2)14(21)8-18(15)28-3/h5-10H,4H2,1-3H3,(H,23,26). The number of nitrogens with zero attached hydrogens (tertiary/aromatic N) is 1. The van der Waals surface area contributed by atoms with E-state index in [0.717, 1.165) is 6.07 Å². The van der Waals surface area contributed by atoms with Crippen LogP contribution < -0.4 is 20.2 Å². The summed E-state index contributed by atoms with van der Waals surface area (Å²) >= 11 is 6.07. The number of carbonyl (C=O) groups excluding carboxylic acids is 1. The maximum Gasteiger partial charge on any atom is 0.261 e. The largest absolute Gasteiger partial charge is 0.495 e. The number of aromatic nitrogens is 1. The van der Waals surface area contributed by atoms with Gasteiger partial charge in [0.25, 0.3) is 5.91 Å². The van der Waals surface area contributed by atoms with Crippen molar-refractivity contribution in [3.63, 3.8) is 0 Å². The maximum absolute atomic E-state index is 13.7. The van der Waals surface area contributed by atoms with E-state index in [-0.39, 0.29) is 16.6 Å². The van der Waals surface area contributed by atoms with Gasteiger partial charge in [-0.1, -0.05) is 11.6 Å². The third kappa shape index (κ3) is 3.53. The maximum atomic E-state index is 13.7. The first-order valence-electron chi connectivity index (χ1n) is 8.45. The molecule has 6 nitrogen and oxygen atoms in total. The summed E-state index contributed by atoms with van der Waals surface area (Å²) in [5.74, 6) is -0.555. The number of amides is 1. The van der Waals surface area contributed by atoms with E-state index in [4.69, 9.17) is 21.1 Å². The molecule has 0 aliphatic rings. The van der Waals surface area contributed by atoms with Gasteiger partial charge in [0.15, 0.2) is 0 Å². The minimum atomic E-state index is -0.652. The van der Waals surface area contributed by atoms with Crippen molar-refractivity contribution in [1.82, 2.24) is 4.57 Å². The Bertz CT molecular complexity index is 1130. The lowest BCUT2D eigenvalue weighted by Crippen LogP contribution is -2.24. The number of hydrogen-bond acceptors (Lipinski definition) is 4.